The van der Waals surface area contributed by atoms with Crippen molar-refractivity contribution in [2.24, 2.45) is 0 Å². The first-order valence-electron chi connectivity index (χ1n) is 15.1. The van der Waals surface area contributed by atoms with Gasteiger partial charge in [-0.1, -0.05) is 127 Å². The smallest absolute Gasteiger partial charge is 0.0562 e. The summed E-state index contributed by atoms with van der Waals surface area (Å²) in [5, 5.41) is 9.82. The van der Waals surface area contributed by atoms with Crippen LogP contribution in [0.1, 0.15) is 0 Å². The molecule has 0 N–H and O–H groups in total. The molecule has 2 heterocycles. The van der Waals surface area contributed by atoms with E-state index in [1.165, 1.54) is 54.1 Å². The molecule has 0 saturated heterocycles. The number of hydrogen-bond donors (Lipinski definition) is 0. The molecule has 0 unspecified atom stereocenters. The van der Waals surface area contributed by atoms with Crippen molar-refractivity contribution in [3.8, 4) is 11.4 Å². The maximum Gasteiger partial charge on any atom is 0.0562 e. The van der Waals surface area contributed by atoms with Gasteiger partial charge in [0.05, 0.1) is 27.8 Å². The van der Waals surface area contributed by atoms with Gasteiger partial charge in [-0.3, -0.25) is 0 Å². The Labute approximate surface area is 255 Å². The van der Waals surface area contributed by atoms with Crippen LogP contribution in [-0.2, 0) is 0 Å². The van der Waals surface area contributed by atoms with Crippen molar-refractivity contribution in [2.45, 2.75) is 0 Å². The average molecular weight is 561 g/mol. The summed E-state index contributed by atoms with van der Waals surface area (Å²) in [6.07, 6.45) is 0. The lowest BCUT2D eigenvalue weighted by Gasteiger charge is -2.15. The second-order valence-electron chi connectivity index (χ2n) is 11.3. The Morgan fingerprint density at radius 2 is 0.636 bits per heavy atom. The van der Waals surface area contributed by atoms with Crippen molar-refractivity contribution < 1.29 is 0 Å². The van der Waals surface area contributed by atoms with Crippen molar-refractivity contribution >= 4 is 65.2 Å². The zero-order valence-electron chi connectivity index (χ0n) is 24.1. The quantitative estimate of drug-likeness (QED) is 0.199. The molecule has 0 amide bonds. The van der Waals surface area contributed by atoms with Gasteiger partial charge in [-0.25, -0.2) is 0 Å². The SMILES string of the molecule is c1ccc(-n2c3ccccc3c3c(-n4c5ccccc5c5ccccc5c5ccccc5c5ccccc54)cccc32)cc1. The van der Waals surface area contributed by atoms with E-state index in [9.17, 15) is 0 Å². The van der Waals surface area contributed by atoms with E-state index in [1.807, 2.05) is 0 Å². The van der Waals surface area contributed by atoms with Gasteiger partial charge in [0, 0.05) is 27.2 Å². The van der Waals surface area contributed by atoms with Gasteiger partial charge >= 0.3 is 0 Å². The van der Waals surface area contributed by atoms with E-state index in [4.69, 9.17) is 0 Å². The van der Waals surface area contributed by atoms with Crippen LogP contribution < -0.4 is 0 Å². The maximum atomic E-state index is 2.49. The van der Waals surface area contributed by atoms with Crippen molar-refractivity contribution in [2.75, 3.05) is 0 Å². The van der Waals surface area contributed by atoms with Gasteiger partial charge in [0.1, 0.15) is 0 Å². The molecular weight excluding hydrogens is 532 g/mol. The number of hydrogen-bond acceptors (Lipinski definition) is 0. The number of fused-ring (bicyclic) bond motifs is 10. The van der Waals surface area contributed by atoms with Crippen LogP contribution in [0.5, 0.6) is 0 Å². The molecule has 0 aliphatic carbocycles. The summed E-state index contributed by atoms with van der Waals surface area (Å²) in [5.74, 6) is 0. The van der Waals surface area contributed by atoms with Gasteiger partial charge in [-0.2, -0.15) is 0 Å². The average Bonchev–Trinajstić information content (AvgIpc) is 3.45. The van der Waals surface area contributed by atoms with Crippen molar-refractivity contribution in [3.05, 3.63) is 170 Å². The molecule has 2 heteroatoms. The van der Waals surface area contributed by atoms with E-state index < -0.39 is 0 Å². The molecule has 7 aromatic carbocycles. The summed E-state index contributed by atoms with van der Waals surface area (Å²) in [5.41, 5.74) is 7.01. The molecule has 2 nitrogen and oxygen atoms in total. The van der Waals surface area contributed by atoms with Crippen LogP contribution in [-0.4, -0.2) is 9.13 Å². The number of para-hydroxylation sites is 4. The third kappa shape index (κ3) is 3.61. The zero-order chi connectivity index (χ0) is 29.0. The van der Waals surface area contributed by atoms with Crippen LogP contribution in [0.15, 0.2) is 170 Å². The molecule has 0 fully saturated rings. The highest BCUT2D eigenvalue weighted by Gasteiger charge is 2.18. The Hall–Kier alpha value is -5.86. The Morgan fingerprint density at radius 1 is 0.250 bits per heavy atom. The molecule has 9 rings (SSSR count). The predicted octanol–water partition coefficient (Wildman–Crippen LogP) is 11.3. The summed E-state index contributed by atoms with van der Waals surface area (Å²) in [6, 6.07) is 61.6. The molecule has 0 saturated carbocycles. The molecule has 0 spiro atoms. The van der Waals surface area contributed by atoms with Crippen LogP contribution in [0.4, 0.5) is 0 Å². The van der Waals surface area contributed by atoms with E-state index in [-0.39, 0.29) is 0 Å². The first kappa shape index (κ1) is 24.7. The van der Waals surface area contributed by atoms with Crippen LogP contribution >= 0.6 is 0 Å². The Balaban J connectivity index is 1.60. The van der Waals surface area contributed by atoms with Gasteiger partial charge in [0.25, 0.3) is 0 Å². The topological polar surface area (TPSA) is 9.86 Å². The number of benzene rings is 7. The molecular formula is C42H28N2. The highest BCUT2D eigenvalue weighted by molar-refractivity contribution is 6.20. The standard InChI is InChI=1S/C42H28N2/c1-2-15-29(16-3-1)43-39-26-13-10-23-36(39)42-40(43)27-14-28-41(42)44-37-24-11-8-21-34(37)32-19-6-4-17-30(32)31-18-5-7-20-33(31)35-22-9-12-25-38(35)44/h1-28H. The van der Waals surface area contributed by atoms with Gasteiger partial charge in [-0.15, -0.1) is 0 Å². The van der Waals surface area contributed by atoms with E-state index in [1.54, 1.807) is 0 Å². The molecule has 206 valence electrons. The van der Waals surface area contributed by atoms with E-state index >= 15 is 0 Å². The van der Waals surface area contributed by atoms with Crippen molar-refractivity contribution in [3.63, 3.8) is 0 Å². The van der Waals surface area contributed by atoms with Crippen LogP contribution in [0, 0.1) is 0 Å². The summed E-state index contributed by atoms with van der Waals surface area (Å²) < 4.78 is 4.89. The first-order chi connectivity index (χ1) is 21.9. The molecule has 9 aromatic rings. The van der Waals surface area contributed by atoms with Gasteiger partial charge in [0.2, 0.25) is 0 Å². The minimum Gasteiger partial charge on any atom is -0.309 e. The predicted molar refractivity (Wildman–Crippen MR) is 188 cm³/mol. The zero-order valence-corrected chi connectivity index (χ0v) is 24.1. The summed E-state index contributed by atoms with van der Waals surface area (Å²) >= 11 is 0. The number of rotatable bonds is 2. The summed E-state index contributed by atoms with van der Waals surface area (Å²) in [7, 11) is 0. The van der Waals surface area contributed by atoms with Crippen LogP contribution in [0.25, 0.3) is 76.5 Å². The highest BCUT2D eigenvalue weighted by Crippen LogP contribution is 2.39. The molecule has 0 radical (unpaired) electrons. The fraction of sp³-hybridized carbons (Fsp3) is 0. The van der Waals surface area contributed by atoms with Crippen molar-refractivity contribution in [1.82, 2.24) is 9.13 Å². The second kappa shape index (κ2) is 9.86. The Bertz CT molecular complexity index is 2500. The fourth-order valence-corrected chi connectivity index (χ4v) is 7.13. The Kier molecular flexibility index (Phi) is 5.54. The third-order valence-corrected chi connectivity index (χ3v) is 8.95. The molecule has 0 bridgehead atoms. The third-order valence-electron chi connectivity index (χ3n) is 8.95. The maximum absolute atomic E-state index is 2.49. The monoisotopic (exact) mass is 560 g/mol. The van der Waals surface area contributed by atoms with E-state index in [0.717, 1.165) is 22.4 Å². The fourth-order valence-electron chi connectivity index (χ4n) is 7.13. The first-order valence-corrected chi connectivity index (χ1v) is 15.1. The molecule has 44 heavy (non-hydrogen) atoms. The van der Waals surface area contributed by atoms with Gasteiger partial charge in [0.15, 0.2) is 0 Å². The van der Waals surface area contributed by atoms with Gasteiger partial charge in [-0.05, 0) is 64.0 Å². The van der Waals surface area contributed by atoms with Crippen molar-refractivity contribution in [1.29, 1.82) is 0 Å². The lowest BCUT2D eigenvalue weighted by atomic mass is 10.0. The summed E-state index contributed by atoms with van der Waals surface area (Å²) in [6.45, 7) is 0. The molecule has 2 aromatic heterocycles. The molecule has 0 atom stereocenters. The van der Waals surface area contributed by atoms with Crippen LogP contribution in [0.2, 0.25) is 0 Å². The molecule has 0 aliphatic rings. The van der Waals surface area contributed by atoms with Crippen LogP contribution in [0.3, 0.4) is 0 Å². The molecule has 0 aliphatic heterocycles. The lowest BCUT2D eigenvalue weighted by molar-refractivity contribution is 1.17. The Morgan fingerprint density at radius 3 is 1.18 bits per heavy atom. The second-order valence-corrected chi connectivity index (χ2v) is 11.3. The number of aromatic nitrogens is 2. The lowest BCUT2D eigenvalue weighted by Crippen LogP contribution is -1.99. The number of nitrogens with zero attached hydrogens (tertiary/aromatic N) is 2. The normalized spacial score (nSPS) is 11.6. The summed E-state index contributed by atoms with van der Waals surface area (Å²) in [4.78, 5) is 0. The van der Waals surface area contributed by atoms with E-state index in [2.05, 4.69) is 179 Å². The van der Waals surface area contributed by atoms with E-state index in [0.29, 0.717) is 0 Å². The largest absolute Gasteiger partial charge is 0.309 e. The minimum atomic E-state index is 1.16. The minimum absolute atomic E-state index is 1.16. The highest BCUT2D eigenvalue weighted by atomic mass is 15.0. The van der Waals surface area contributed by atoms with Gasteiger partial charge < -0.3 is 9.13 Å².